The number of anilines is 1. The van der Waals surface area contributed by atoms with Crippen molar-refractivity contribution in [1.82, 2.24) is 5.32 Å². The minimum atomic E-state index is -3.70. The topological polar surface area (TPSA) is 66.5 Å². The number of aryl methyl sites for hydroxylation is 1. The summed E-state index contributed by atoms with van der Waals surface area (Å²) >= 11 is 0. The van der Waals surface area contributed by atoms with Crippen LogP contribution in [0.15, 0.2) is 89.8 Å². The van der Waals surface area contributed by atoms with E-state index in [0.717, 1.165) is 5.56 Å². The summed E-state index contributed by atoms with van der Waals surface area (Å²) in [7, 11) is -3.70. The summed E-state index contributed by atoms with van der Waals surface area (Å²) in [6.07, 6.45) is 0.485. The van der Waals surface area contributed by atoms with Crippen molar-refractivity contribution in [2.75, 3.05) is 17.4 Å². The third-order valence-electron chi connectivity index (χ3n) is 4.51. The quantitative estimate of drug-likeness (QED) is 0.573. The molecule has 0 saturated carbocycles. The van der Waals surface area contributed by atoms with E-state index in [9.17, 15) is 13.2 Å². The number of nitrogens with one attached hydrogen (secondary N) is 1. The van der Waals surface area contributed by atoms with Gasteiger partial charge in [-0.25, -0.2) is 8.42 Å². The van der Waals surface area contributed by atoms with E-state index in [1.807, 2.05) is 31.2 Å². The first-order chi connectivity index (χ1) is 14.0. The maximum Gasteiger partial charge on any atom is 0.264 e. The maximum atomic E-state index is 13.2. The molecule has 0 saturated heterocycles. The molecule has 29 heavy (non-hydrogen) atoms. The first-order valence-corrected chi connectivity index (χ1v) is 10.9. The molecule has 0 heterocycles. The highest BCUT2D eigenvalue weighted by Crippen LogP contribution is 2.24. The van der Waals surface area contributed by atoms with Crippen LogP contribution in [0.25, 0.3) is 0 Å². The minimum Gasteiger partial charge on any atom is -0.352 e. The van der Waals surface area contributed by atoms with Crippen LogP contribution in [0.5, 0.6) is 0 Å². The summed E-state index contributed by atoms with van der Waals surface area (Å²) in [5.74, 6) is -0.168. The molecule has 150 valence electrons. The Bertz CT molecular complexity index is 1030. The van der Waals surface area contributed by atoms with Gasteiger partial charge in [0.15, 0.2) is 0 Å². The largest absolute Gasteiger partial charge is 0.352 e. The molecule has 3 rings (SSSR count). The van der Waals surface area contributed by atoms with Gasteiger partial charge in [0.2, 0.25) is 0 Å². The Morgan fingerprint density at radius 2 is 1.45 bits per heavy atom. The van der Waals surface area contributed by atoms with Crippen LogP contribution < -0.4 is 9.62 Å². The van der Waals surface area contributed by atoms with E-state index in [0.29, 0.717) is 24.2 Å². The molecule has 0 bridgehead atoms. The highest BCUT2D eigenvalue weighted by atomic mass is 32.2. The van der Waals surface area contributed by atoms with Crippen molar-refractivity contribution >= 4 is 21.6 Å². The first-order valence-electron chi connectivity index (χ1n) is 9.46. The van der Waals surface area contributed by atoms with Crippen LogP contribution in [0.2, 0.25) is 0 Å². The lowest BCUT2D eigenvalue weighted by Gasteiger charge is -2.24. The fourth-order valence-electron chi connectivity index (χ4n) is 2.94. The fourth-order valence-corrected chi connectivity index (χ4v) is 4.44. The standard InChI is InChI=1S/C23H24N2O3S/c1-19-13-15-22(16-14-19)29(27,28)25(21-11-6-3-7-12-21)18-8-17-24-23(26)20-9-4-2-5-10-20/h2-7,9-16H,8,17-18H2,1H3,(H,24,26). The number of carbonyl (C=O) groups is 1. The zero-order valence-electron chi connectivity index (χ0n) is 16.3. The van der Waals surface area contributed by atoms with Crippen LogP contribution in [-0.4, -0.2) is 27.4 Å². The Morgan fingerprint density at radius 1 is 0.862 bits per heavy atom. The molecule has 0 aromatic heterocycles. The Labute approximate surface area is 172 Å². The number of nitrogens with zero attached hydrogens (tertiary/aromatic N) is 1. The third-order valence-corrected chi connectivity index (χ3v) is 6.35. The van der Waals surface area contributed by atoms with Crippen LogP contribution in [0, 0.1) is 6.92 Å². The lowest BCUT2D eigenvalue weighted by molar-refractivity contribution is 0.0953. The van der Waals surface area contributed by atoms with E-state index in [-0.39, 0.29) is 17.3 Å². The van der Waals surface area contributed by atoms with Gasteiger partial charge in [0.25, 0.3) is 15.9 Å². The number of hydrogen-bond acceptors (Lipinski definition) is 3. The van der Waals surface area contributed by atoms with Gasteiger partial charge in [0.05, 0.1) is 10.6 Å². The Morgan fingerprint density at radius 3 is 2.07 bits per heavy atom. The van der Waals surface area contributed by atoms with Crippen molar-refractivity contribution in [1.29, 1.82) is 0 Å². The zero-order chi connectivity index (χ0) is 20.7. The molecule has 0 fully saturated rings. The van der Waals surface area contributed by atoms with Crippen molar-refractivity contribution in [2.24, 2.45) is 0 Å². The number of amides is 1. The summed E-state index contributed by atoms with van der Waals surface area (Å²) in [6.45, 7) is 2.55. The molecule has 6 heteroatoms. The van der Waals surface area contributed by atoms with E-state index in [1.165, 1.54) is 4.31 Å². The van der Waals surface area contributed by atoms with E-state index < -0.39 is 10.0 Å². The number of hydrogen-bond donors (Lipinski definition) is 1. The minimum absolute atomic E-state index is 0.168. The predicted molar refractivity (Wildman–Crippen MR) is 116 cm³/mol. The van der Waals surface area contributed by atoms with Gasteiger partial charge >= 0.3 is 0 Å². The number of carbonyl (C=O) groups excluding carboxylic acids is 1. The van der Waals surface area contributed by atoms with Gasteiger partial charge in [-0.1, -0.05) is 54.1 Å². The van der Waals surface area contributed by atoms with E-state index in [1.54, 1.807) is 60.7 Å². The van der Waals surface area contributed by atoms with E-state index >= 15 is 0 Å². The van der Waals surface area contributed by atoms with E-state index in [2.05, 4.69) is 5.32 Å². The summed E-state index contributed by atoms with van der Waals surface area (Å²) < 4.78 is 27.9. The fraction of sp³-hybridized carbons (Fsp3) is 0.174. The van der Waals surface area contributed by atoms with Gasteiger partial charge in [-0.15, -0.1) is 0 Å². The SMILES string of the molecule is Cc1ccc(S(=O)(=O)N(CCCNC(=O)c2ccccc2)c2ccccc2)cc1. The van der Waals surface area contributed by atoms with Crippen molar-refractivity contribution < 1.29 is 13.2 Å². The zero-order valence-corrected chi connectivity index (χ0v) is 17.1. The van der Waals surface area contributed by atoms with Crippen molar-refractivity contribution in [3.63, 3.8) is 0 Å². The Balaban J connectivity index is 1.71. The summed E-state index contributed by atoms with van der Waals surface area (Å²) in [4.78, 5) is 12.4. The molecule has 0 spiro atoms. The highest BCUT2D eigenvalue weighted by molar-refractivity contribution is 7.92. The second kappa shape index (κ2) is 9.39. The van der Waals surface area contributed by atoms with Gasteiger partial charge in [0.1, 0.15) is 0 Å². The van der Waals surface area contributed by atoms with Crippen LogP contribution in [0.1, 0.15) is 22.3 Å². The Kier molecular flexibility index (Phi) is 6.67. The summed E-state index contributed by atoms with van der Waals surface area (Å²) in [5, 5.41) is 2.84. The summed E-state index contributed by atoms with van der Waals surface area (Å²) in [6, 6.07) is 24.8. The molecule has 5 nitrogen and oxygen atoms in total. The molecule has 0 radical (unpaired) electrons. The number of benzene rings is 3. The number of rotatable bonds is 8. The molecule has 3 aromatic carbocycles. The van der Waals surface area contributed by atoms with Crippen molar-refractivity contribution in [3.8, 4) is 0 Å². The number of para-hydroxylation sites is 1. The van der Waals surface area contributed by atoms with Crippen molar-refractivity contribution in [3.05, 3.63) is 96.1 Å². The van der Waals surface area contributed by atoms with Gasteiger partial charge in [-0.2, -0.15) is 0 Å². The normalized spacial score (nSPS) is 11.1. The lowest BCUT2D eigenvalue weighted by Crippen LogP contribution is -2.34. The van der Waals surface area contributed by atoms with Crippen LogP contribution in [-0.2, 0) is 10.0 Å². The predicted octanol–water partition coefficient (Wildman–Crippen LogP) is 4.01. The number of sulfonamides is 1. The molecule has 1 amide bonds. The lowest BCUT2D eigenvalue weighted by atomic mass is 10.2. The average Bonchev–Trinajstić information content (AvgIpc) is 2.75. The molecule has 0 aliphatic rings. The monoisotopic (exact) mass is 408 g/mol. The smallest absolute Gasteiger partial charge is 0.264 e. The molecule has 3 aromatic rings. The maximum absolute atomic E-state index is 13.2. The average molecular weight is 409 g/mol. The van der Waals surface area contributed by atoms with Gasteiger partial charge in [-0.3, -0.25) is 9.10 Å². The molecule has 0 atom stereocenters. The van der Waals surface area contributed by atoms with Crippen LogP contribution >= 0.6 is 0 Å². The molecule has 0 aliphatic heterocycles. The molecule has 1 N–H and O–H groups in total. The van der Waals surface area contributed by atoms with Gasteiger partial charge in [-0.05, 0) is 49.7 Å². The highest BCUT2D eigenvalue weighted by Gasteiger charge is 2.24. The van der Waals surface area contributed by atoms with Gasteiger partial charge in [0, 0.05) is 18.7 Å². The molecule has 0 aliphatic carbocycles. The van der Waals surface area contributed by atoms with Gasteiger partial charge < -0.3 is 5.32 Å². The second-order valence-electron chi connectivity index (χ2n) is 6.70. The molecular formula is C23H24N2O3S. The molecular weight excluding hydrogens is 384 g/mol. The Hall–Kier alpha value is -3.12. The van der Waals surface area contributed by atoms with E-state index in [4.69, 9.17) is 0 Å². The second-order valence-corrected chi connectivity index (χ2v) is 8.56. The summed E-state index contributed by atoms with van der Waals surface area (Å²) in [5.41, 5.74) is 2.18. The third kappa shape index (κ3) is 5.23. The van der Waals surface area contributed by atoms with Crippen LogP contribution in [0.3, 0.4) is 0 Å². The van der Waals surface area contributed by atoms with Crippen molar-refractivity contribution in [2.45, 2.75) is 18.2 Å². The first kappa shape index (κ1) is 20.6. The molecule has 0 unspecified atom stereocenters. The van der Waals surface area contributed by atoms with Crippen LogP contribution in [0.4, 0.5) is 5.69 Å².